The van der Waals surface area contributed by atoms with E-state index in [1.807, 2.05) is 50.2 Å². The predicted molar refractivity (Wildman–Crippen MR) is 126 cm³/mol. The summed E-state index contributed by atoms with van der Waals surface area (Å²) in [4.78, 5) is 13.1. The molecule has 1 aromatic carbocycles. The fourth-order valence-corrected chi connectivity index (χ4v) is 6.07. The van der Waals surface area contributed by atoms with E-state index in [0.29, 0.717) is 31.0 Å². The number of fused-ring (bicyclic) bond motifs is 1. The van der Waals surface area contributed by atoms with E-state index in [-0.39, 0.29) is 18.5 Å². The maximum atomic E-state index is 12.7. The second kappa shape index (κ2) is 8.79. The van der Waals surface area contributed by atoms with Crippen LogP contribution in [0.25, 0.3) is 22.6 Å². The fraction of sp³-hybridized carbons (Fsp3) is 0.417. The Morgan fingerprint density at radius 3 is 2.82 bits per heavy atom. The lowest BCUT2D eigenvalue weighted by atomic mass is 10.1. The van der Waals surface area contributed by atoms with Crippen LogP contribution in [0.1, 0.15) is 43.6 Å². The lowest BCUT2D eigenvalue weighted by molar-refractivity contribution is 0.174. The molecule has 1 saturated heterocycles. The van der Waals surface area contributed by atoms with Gasteiger partial charge in [0.1, 0.15) is 5.82 Å². The Labute approximate surface area is 194 Å². The third-order valence-electron chi connectivity index (χ3n) is 6.20. The average Bonchev–Trinajstić information content (AvgIpc) is 3.56. The van der Waals surface area contributed by atoms with Crippen molar-refractivity contribution in [2.45, 2.75) is 39.0 Å². The number of pyridine rings is 1. The molecule has 3 aromatic rings. The van der Waals surface area contributed by atoms with Crippen LogP contribution in [0.4, 0.5) is 0 Å². The Balaban J connectivity index is 1.50. The molecule has 8 nitrogen and oxygen atoms in total. The molecule has 1 atom stereocenters. The first-order valence-corrected chi connectivity index (χ1v) is 13.0. The first-order chi connectivity index (χ1) is 15.9. The molecule has 1 unspecified atom stereocenters. The number of nitrogens with one attached hydrogen (secondary N) is 1. The maximum Gasteiger partial charge on any atom is 0.231 e. The van der Waals surface area contributed by atoms with Crippen molar-refractivity contribution in [3.05, 3.63) is 47.9 Å². The van der Waals surface area contributed by atoms with Crippen LogP contribution < -0.4 is 9.47 Å². The monoisotopic (exact) mass is 468 g/mol. The number of hydrogen-bond acceptors (Lipinski definition) is 6. The third-order valence-corrected chi connectivity index (χ3v) is 8.12. The minimum Gasteiger partial charge on any atom is -0.454 e. The highest BCUT2D eigenvalue weighted by Crippen LogP contribution is 2.39. The molecule has 1 N–H and O–H groups in total. The third kappa shape index (κ3) is 4.35. The van der Waals surface area contributed by atoms with Crippen LogP contribution in [0.5, 0.6) is 11.5 Å². The van der Waals surface area contributed by atoms with E-state index < -0.39 is 10.0 Å². The number of rotatable bonds is 7. The largest absolute Gasteiger partial charge is 0.454 e. The molecule has 0 radical (unpaired) electrons. The van der Waals surface area contributed by atoms with Crippen molar-refractivity contribution >= 4 is 10.0 Å². The topological polar surface area (TPSA) is 97.4 Å². The number of nitrogens with zero attached hydrogens (tertiary/aromatic N) is 3. The number of aromatic amines is 1. The summed E-state index contributed by atoms with van der Waals surface area (Å²) < 4.78 is 38.0. The van der Waals surface area contributed by atoms with Crippen molar-refractivity contribution in [2.24, 2.45) is 0 Å². The molecule has 33 heavy (non-hydrogen) atoms. The van der Waals surface area contributed by atoms with Gasteiger partial charge in [0.25, 0.3) is 0 Å². The van der Waals surface area contributed by atoms with Crippen molar-refractivity contribution in [3.63, 3.8) is 0 Å². The van der Waals surface area contributed by atoms with E-state index in [4.69, 9.17) is 19.4 Å². The number of sulfonamides is 1. The van der Waals surface area contributed by atoms with Gasteiger partial charge < -0.3 is 14.5 Å². The Hall–Kier alpha value is -2.91. The summed E-state index contributed by atoms with van der Waals surface area (Å²) in [6.07, 6.45) is 2.28. The van der Waals surface area contributed by atoms with Gasteiger partial charge in [-0.2, -0.15) is 0 Å². The molecule has 2 aromatic heterocycles. The molecule has 2 aliphatic rings. The number of hydrogen-bond donors (Lipinski definition) is 1. The molecule has 9 heteroatoms. The van der Waals surface area contributed by atoms with E-state index >= 15 is 0 Å². The molecule has 0 bridgehead atoms. The molecule has 0 amide bonds. The zero-order valence-electron chi connectivity index (χ0n) is 18.9. The molecular weight excluding hydrogens is 440 g/mol. The summed E-state index contributed by atoms with van der Waals surface area (Å²) in [5.41, 5.74) is 4.19. The zero-order valence-corrected chi connectivity index (χ0v) is 19.7. The van der Waals surface area contributed by atoms with Gasteiger partial charge in [-0.15, -0.1) is 0 Å². The Morgan fingerprint density at radius 2 is 2.00 bits per heavy atom. The summed E-state index contributed by atoms with van der Waals surface area (Å²) >= 11 is 0. The van der Waals surface area contributed by atoms with Gasteiger partial charge >= 0.3 is 0 Å². The summed E-state index contributed by atoms with van der Waals surface area (Å²) in [6, 6.07) is 11.7. The quantitative estimate of drug-likeness (QED) is 0.561. The summed E-state index contributed by atoms with van der Waals surface area (Å²) in [5.74, 6) is 2.40. The number of imidazole rings is 1. The minimum absolute atomic E-state index is 0.00715. The summed E-state index contributed by atoms with van der Waals surface area (Å²) in [5, 5.41) is 0. The predicted octanol–water partition coefficient (Wildman–Crippen LogP) is 4.10. The number of aromatic nitrogens is 3. The van der Waals surface area contributed by atoms with Gasteiger partial charge in [-0.1, -0.05) is 19.4 Å². The van der Waals surface area contributed by atoms with Gasteiger partial charge in [0.05, 0.1) is 22.8 Å². The minimum atomic E-state index is -3.23. The molecule has 0 spiro atoms. The van der Waals surface area contributed by atoms with E-state index in [9.17, 15) is 8.42 Å². The zero-order chi connectivity index (χ0) is 23.0. The Kier molecular flexibility index (Phi) is 5.84. The average molecular weight is 469 g/mol. The highest BCUT2D eigenvalue weighted by Gasteiger charge is 2.34. The molecular formula is C24H28N4O4S. The van der Waals surface area contributed by atoms with Crippen molar-refractivity contribution in [3.8, 4) is 34.1 Å². The van der Waals surface area contributed by atoms with E-state index in [2.05, 4.69) is 4.98 Å². The second-order valence-electron chi connectivity index (χ2n) is 8.59. The Bertz CT molecular complexity index is 1270. The van der Waals surface area contributed by atoms with Gasteiger partial charge in [-0.05, 0) is 50.1 Å². The molecule has 1 fully saturated rings. The van der Waals surface area contributed by atoms with Crippen LogP contribution in [0, 0.1) is 6.92 Å². The molecule has 0 saturated carbocycles. The summed E-state index contributed by atoms with van der Waals surface area (Å²) in [7, 11) is -3.23. The van der Waals surface area contributed by atoms with Gasteiger partial charge in [0.2, 0.25) is 16.8 Å². The van der Waals surface area contributed by atoms with Gasteiger partial charge in [0.15, 0.2) is 11.5 Å². The molecule has 0 aliphatic carbocycles. The van der Waals surface area contributed by atoms with Crippen LogP contribution in [-0.4, -0.2) is 53.3 Å². The van der Waals surface area contributed by atoms with E-state index in [1.54, 1.807) is 4.31 Å². The van der Waals surface area contributed by atoms with Crippen LogP contribution in [-0.2, 0) is 10.0 Å². The van der Waals surface area contributed by atoms with Crippen LogP contribution in [0.15, 0.2) is 36.4 Å². The highest BCUT2D eigenvalue weighted by molar-refractivity contribution is 7.89. The summed E-state index contributed by atoms with van der Waals surface area (Å²) in [6.45, 7) is 5.14. The number of benzene rings is 1. The van der Waals surface area contributed by atoms with Gasteiger partial charge in [-0.3, -0.25) is 4.98 Å². The van der Waals surface area contributed by atoms with Crippen LogP contribution in [0.2, 0.25) is 0 Å². The van der Waals surface area contributed by atoms with E-state index in [0.717, 1.165) is 47.0 Å². The maximum absolute atomic E-state index is 12.7. The fourth-order valence-electron chi connectivity index (χ4n) is 4.37. The lowest BCUT2D eigenvalue weighted by Gasteiger charge is -2.15. The number of aryl methyl sites for hydroxylation is 1. The number of H-pyrrole nitrogens is 1. The molecule has 5 rings (SSSR count). The first kappa shape index (κ1) is 21.9. The van der Waals surface area contributed by atoms with E-state index in [1.165, 1.54) is 0 Å². The highest BCUT2D eigenvalue weighted by atomic mass is 32.2. The molecule has 174 valence electrons. The standard InChI is InChI=1S/C24H28N4O4S/c1-3-4-12-33(29,30)28-11-10-18(14-28)24-26-22(17-8-9-20-21(13-17)32-15-31-20)23(27-24)19-7-5-6-16(2)25-19/h5-9,13,18H,3-4,10-12,14-15H2,1-2H3,(H,26,27). The van der Waals surface area contributed by atoms with Gasteiger partial charge in [0, 0.05) is 30.3 Å². The van der Waals surface area contributed by atoms with Crippen LogP contribution in [0.3, 0.4) is 0 Å². The van der Waals surface area contributed by atoms with Crippen LogP contribution >= 0.6 is 0 Å². The van der Waals surface area contributed by atoms with Gasteiger partial charge in [-0.25, -0.2) is 17.7 Å². The molecule has 2 aliphatic heterocycles. The smallest absolute Gasteiger partial charge is 0.231 e. The Morgan fingerprint density at radius 1 is 1.15 bits per heavy atom. The number of ether oxygens (including phenoxy) is 2. The SMILES string of the molecule is CCCCS(=O)(=O)N1CCC(c2nc(-c3ccc4c(c3)OCO4)c(-c3cccc(C)n3)[nH]2)C1. The second-order valence-corrected chi connectivity index (χ2v) is 10.7. The van der Waals surface area contributed by atoms with Crippen molar-refractivity contribution in [1.82, 2.24) is 19.3 Å². The van der Waals surface area contributed by atoms with Crippen molar-refractivity contribution < 1.29 is 17.9 Å². The normalized spacial score (nSPS) is 18.2. The van der Waals surface area contributed by atoms with Crippen molar-refractivity contribution in [2.75, 3.05) is 25.6 Å². The number of unbranched alkanes of at least 4 members (excludes halogenated alkanes) is 1. The molecule has 4 heterocycles. The first-order valence-electron chi connectivity index (χ1n) is 11.4. The van der Waals surface area contributed by atoms with Crippen molar-refractivity contribution in [1.29, 1.82) is 0 Å². The lowest BCUT2D eigenvalue weighted by Crippen LogP contribution is -2.30.